The fraction of sp³-hybridized carbons (Fsp3) is 0.333. The maximum absolute atomic E-state index is 11.7. The van der Waals surface area contributed by atoms with Gasteiger partial charge in [0, 0.05) is 24.7 Å². The van der Waals surface area contributed by atoms with Gasteiger partial charge in [0.1, 0.15) is 0 Å². The zero-order valence-electron chi connectivity index (χ0n) is 8.88. The molecular formula is C9H9ClN2O4S. The summed E-state index contributed by atoms with van der Waals surface area (Å²) in [7, 11) is -2.05. The molecule has 0 N–H and O–H groups in total. The SMILES string of the molecule is CN1Cc2c(Cl)ccc([N+](=O)[O-])c2CS1(=O)=O. The van der Waals surface area contributed by atoms with Gasteiger partial charge in [-0.15, -0.1) is 0 Å². The average Bonchev–Trinajstić information content (AvgIpc) is 2.20. The first-order valence-electron chi connectivity index (χ1n) is 4.71. The highest BCUT2D eigenvalue weighted by Gasteiger charge is 2.33. The number of hydrogen-bond acceptors (Lipinski definition) is 4. The molecule has 0 atom stereocenters. The Morgan fingerprint density at radius 3 is 2.65 bits per heavy atom. The van der Waals surface area contributed by atoms with E-state index >= 15 is 0 Å². The molecule has 6 nitrogen and oxygen atoms in total. The second-order valence-electron chi connectivity index (χ2n) is 3.79. The van der Waals surface area contributed by atoms with Gasteiger partial charge in [-0.3, -0.25) is 10.1 Å². The summed E-state index contributed by atoms with van der Waals surface area (Å²) in [6, 6.07) is 2.66. The summed E-state index contributed by atoms with van der Waals surface area (Å²) in [5, 5.41) is 11.2. The summed E-state index contributed by atoms with van der Waals surface area (Å²) in [5.41, 5.74) is 0.514. The smallest absolute Gasteiger partial charge is 0.258 e. The van der Waals surface area contributed by atoms with Crippen LogP contribution in [0.25, 0.3) is 0 Å². The molecule has 1 aliphatic rings. The topological polar surface area (TPSA) is 80.5 Å². The molecule has 1 heterocycles. The van der Waals surface area contributed by atoms with Crippen molar-refractivity contribution >= 4 is 27.3 Å². The van der Waals surface area contributed by atoms with Crippen LogP contribution in [0.1, 0.15) is 11.1 Å². The molecule has 0 unspecified atom stereocenters. The molecule has 0 fully saturated rings. The molecule has 2 rings (SSSR count). The van der Waals surface area contributed by atoms with Gasteiger partial charge in [0.05, 0.1) is 16.2 Å². The van der Waals surface area contributed by atoms with Gasteiger partial charge in [0.2, 0.25) is 10.0 Å². The Balaban J connectivity index is 2.69. The third kappa shape index (κ3) is 2.01. The minimum Gasteiger partial charge on any atom is -0.258 e. The maximum Gasteiger partial charge on any atom is 0.274 e. The highest BCUT2D eigenvalue weighted by Crippen LogP contribution is 2.35. The highest BCUT2D eigenvalue weighted by molar-refractivity contribution is 7.88. The Labute approximate surface area is 103 Å². The van der Waals surface area contributed by atoms with Crippen molar-refractivity contribution in [3.05, 3.63) is 38.4 Å². The van der Waals surface area contributed by atoms with E-state index in [9.17, 15) is 18.5 Å². The quantitative estimate of drug-likeness (QED) is 0.575. The van der Waals surface area contributed by atoms with E-state index in [1.54, 1.807) is 0 Å². The maximum atomic E-state index is 11.7. The van der Waals surface area contributed by atoms with E-state index in [0.717, 1.165) is 4.31 Å². The molecule has 1 aliphatic heterocycles. The highest BCUT2D eigenvalue weighted by atomic mass is 35.5. The number of nitro benzene ring substituents is 1. The van der Waals surface area contributed by atoms with Gasteiger partial charge in [0.15, 0.2) is 0 Å². The van der Waals surface area contributed by atoms with Gasteiger partial charge < -0.3 is 0 Å². The number of nitro groups is 1. The molecule has 0 aromatic heterocycles. The molecule has 0 aliphatic carbocycles. The Morgan fingerprint density at radius 2 is 2.06 bits per heavy atom. The van der Waals surface area contributed by atoms with Gasteiger partial charge in [-0.1, -0.05) is 11.6 Å². The Morgan fingerprint density at radius 1 is 1.41 bits per heavy atom. The third-order valence-electron chi connectivity index (χ3n) is 2.73. The molecule has 0 saturated carbocycles. The van der Waals surface area contributed by atoms with E-state index in [-0.39, 0.29) is 23.5 Å². The second-order valence-corrected chi connectivity index (χ2v) is 6.28. The molecule has 0 saturated heterocycles. The van der Waals surface area contributed by atoms with Gasteiger partial charge in [-0.05, 0) is 11.6 Å². The predicted octanol–water partition coefficient (Wildman–Crippen LogP) is 1.52. The molecule has 92 valence electrons. The first-order valence-corrected chi connectivity index (χ1v) is 6.70. The van der Waals surface area contributed by atoms with Crippen LogP contribution in [0.5, 0.6) is 0 Å². The van der Waals surface area contributed by atoms with E-state index in [1.165, 1.54) is 19.2 Å². The number of halogens is 1. The molecule has 8 heteroatoms. The molecule has 0 bridgehead atoms. The largest absolute Gasteiger partial charge is 0.274 e. The fourth-order valence-electron chi connectivity index (χ4n) is 1.77. The van der Waals surface area contributed by atoms with Crippen LogP contribution in [-0.4, -0.2) is 24.7 Å². The van der Waals surface area contributed by atoms with Gasteiger partial charge in [-0.25, -0.2) is 12.7 Å². The molecule has 1 aromatic carbocycles. The van der Waals surface area contributed by atoms with Crippen molar-refractivity contribution in [3.8, 4) is 0 Å². The molecule has 0 spiro atoms. The minimum absolute atomic E-state index is 0.0676. The third-order valence-corrected chi connectivity index (χ3v) is 4.81. The van der Waals surface area contributed by atoms with E-state index < -0.39 is 14.9 Å². The van der Waals surface area contributed by atoms with Crippen LogP contribution in [0.15, 0.2) is 12.1 Å². The van der Waals surface area contributed by atoms with Gasteiger partial charge >= 0.3 is 0 Å². The normalized spacial score (nSPS) is 18.7. The van der Waals surface area contributed by atoms with Gasteiger partial charge in [0.25, 0.3) is 5.69 Å². The fourth-order valence-corrected chi connectivity index (χ4v) is 3.24. The monoisotopic (exact) mass is 276 g/mol. The minimum atomic E-state index is -3.48. The Hall–Kier alpha value is -1.18. The Bertz CT molecular complexity index is 599. The van der Waals surface area contributed by atoms with E-state index in [0.29, 0.717) is 10.6 Å². The van der Waals surface area contributed by atoms with Crippen LogP contribution in [0.4, 0.5) is 5.69 Å². The van der Waals surface area contributed by atoms with E-state index in [1.807, 2.05) is 0 Å². The Kier molecular flexibility index (Phi) is 2.84. The van der Waals surface area contributed by atoms with Crippen molar-refractivity contribution in [2.24, 2.45) is 0 Å². The van der Waals surface area contributed by atoms with E-state index in [4.69, 9.17) is 11.6 Å². The summed E-state index contributed by atoms with van der Waals surface area (Å²) in [5.74, 6) is -0.379. The van der Waals surface area contributed by atoms with Crippen LogP contribution in [0, 0.1) is 10.1 Å². The number of benzene rings is 1. The zero-order valence-corrected chi connectivity index (χ0v) is 10.5. The van der Waals surface area contributed by atoms with Crippen molar-refractivity contribution in [2.75, 3.05) is 7.05 Å². The van der Waals surface area contributed by atoms with Crippen LogP contribution >= 0.6 is 11.6 Å². The summed E-state index contributed by atoms with van der Waals surface area (Å²) in [6.07, 6.45) is 0. The molecule has 0 amide bonds. The molecular weight excluding hydrogens is 268 g/mol. The van der Waals surface area contributed by atoms with Crippen molar-refractivity contribution in [3.63, 3.8) is 0 Å². The van der Waals surface area contributed by atoms with Crippen molar-refractivity contribution in [1.82, 2.24) is 4.31 Å². The lowest BCUT2D eigenvalue weighted by Crippen LogP contribution is -2.33. The van der Waals surface area contributed by atoms with Crippen LogP contribution < -0.4 is 0 Å². The van der Waals surface area contributed by atoms with Crippen molar-refractivity contribution in [1.29, 1.82) is 0 Å². The standard InChI is InChI=1S/C9H9ClN2O4S/c1-11-4-6-7(5-17(11,15)16)9(12(13)14)3-2-8(6)10/h2-3H,4-5H2,1H3. The second kappa shape index (κ2) is 3.94. The summed E-state index contributed by atoms with van der Waals surface area (Å²) in [4.78, 5) is 10.2. The van der Waals surface area contributed by atoms with Gasteiger partial charge in [-0.2, -0.15) is 0 Å². The predicted molar refractivity (Wildman–Crippen MR) is 62.2 cm³/mol. The number of nitrogens with zero attached hydrogens (tertiary/aromatic N) is 2. The summed E-state index contributed by atoms with van der Waals surface area (Å²) >= 11 is 5.93. The van der Waals surface area contributed by atoms with Crippen LogP contribution in [0.2, 0.25) is 5.02 Å². The zero-order chi connectivity index (χ0) is 12.8. The van der Waals surface area contributed by atoms with Crippen molar-refractivity contribution < 1.29 is 13.3 Å². The summed E-state index contributed by atoms with van der Waals surface area (Å²) in [6.45, 7) is 0.0676. The number of hydrogen-bond donors (Lipinski definition) is 0. The van der Waals surface area contributed by atoms with Crippen LogP contribution in [0.3, 0.4) is 0 Å². The van der Waals surface area contributed by atoms with E-state index in [2.05, 4.69) is 0 Å². The van der Waals surface area contributed by atoms with Crippen LogP contribution in [-0.2, 0) is 22.3 Å². The molecule has 0 radical (unpaired) electrons. The first-order chi connectivity index (χ1) is 7.83. The number of sulfonamides is 1. The number of fused-ring (bicyclic) bond motifs is 1. The molecule has 17 heavy (non-hydrogen) atoms. The average molecular weight is 277 g/mol. The summed E-state index contributed by atoms with van der Waals surface area (Å²) < 4.78 is 24.5. The lowest BCUT2D eigenvalue weighted by molar-refractivity contribution is -0.385. The lowest BCUT2D eigenvalue weighted by Gasteiger charge is -2.25. The first kappa shape index (κ1) is 12.3. The molecule has 1 aromatic rings. The lowest BCUT2D eigenvalue weighted by atomic mass is 10.1. The van der Waals surface area contributed by atoms with Crippen molar-refractivity contribution in [2.45, 2.75) is 12.3 Å². The number of rotatable bonds is 1.